The first-order valence-corrected chi connectivity index (χ1v) is 8.95. The summed E-state index contributed by atoms with van der Waals surface area (Å²) in [7, 11) is -4.94. The van der Waals surface area contributed by atoms with Crippen molar-refractivity contribution in [2.45, 2.75) is 29.1 Å². The van der Waals surface area contributed by atoms with E-state index >= 15 is 0 Å². The first-order valence-electron chi connectivity index (χ1n) is 7.46. The largest absolute Gasteiger partial charge is 0.462 e. The molecule has 0 fully saturated rings. The maximum Gasteiger partial charge on any atom is 0.434 e. The van der Waals surface area contributed by atoms with Gasteiger partial charge in [0.25, 0.3) is 0 Å². The van der Waals surface area contributed by atoms with Crippen LogP contribution in [0.25, 0.3) is 0 Å². The van der Waals surface area contributed by atoms with Crippen LogP contribution in [0.5, 0.6) is 0 Å². The summed E-state index contributed by atoms with van der Waals surface area (Å²) in [5.74, 6) is -1.76. The standard InChI is InChI=1S/C16H11F6NO4S/c1-2-27-14(24)12-10(28(25,26)9-6-4-3-5-7-9)8-11(15(17,18)19)23-13(12)16(20,21)22/h3-8H,2H2,1H3. The predicted molar refractivity (Wildman–Crippen MR) is 82.1 cm³/mol. The number of esters is 1. The van der Waals surface area contributed by atoms with Crippen molar-refractivity contribution < 1.29 is 44.3 Å². The molecule has 12 heteroatoms. The Morgan fingerprint density at radius 2 is 1.61 bits per heavy atom. The van der Waals surface area contributed by atoms with Crippen molar-refractivity contribution in [1.82, 2.24) is 4.98 Å². The smallest absolute Gasteiger partial charge is 0.434 e. The molecule has 1 aromatic carbocycles. The lowest BCUT2D eigenvalue weighted by Gasteiger charge is -2.18. The molecule has 0 saturated carbocycles. The number of carbonyl (C=O) groups is 1. The van der Waals surface area contributed by atoms with Crippen molar-refractivity contribution in [3.63, 3.8) is 0 Å². The minimum Gasteiger partial charge on any atom is -0.462 e. The maximum atomic E-state index is 13.4. The molecule has 1 heterocycles. The van der Waals surface area contributed by atoms with Gasteiger partial charge in [0.2, 0.25) is 9.84 Å². The SMILES string of the molecule is CCOC(=O)c1c(S(=O)(=O)c2ccccc2)cc(C(F)(F)F)nc1C(F)(F)F. The molecule has 1 aromatic heterocycles. The number of sulfone groups is 1. The van der Waals surface area contributed by atoms with Crippen molar-refractivity contribution in [3.8, 4) is 0 Å². The lowest BCUT2D eigenvalue weighted by atomic mass is 10.1. The number of ether oxygens (including phenoxy) is 1. The van der Waals surface area contributed by atoms with Crippen LogP contribution in [-0.2, 0) is 26.9 Å². The lowest BCUT2D eigenvalue weighted by Crippen LogP contribution is -2.24. The van der Waals surface area contributed by atoms with Crippen molar-refractivity contribution >= 4 is 15.8 Å². The highest BCUT2D eigenvalue weighted by molar-refractivity contribution is 7.91. The molecule has 2 aromatic rings. The second-order valence-electron chi connectivity index (χ2n) is 5.26. The number of alkyl halides is 6. The molecule has 5 nitrogen and oxygen atoms in total. The maximum absolute atomic E-state index is 13.4. The van der Waals surface area contributed by atoms with Crippen LogP contribution >= 0.6 is 0 Å². The van der Waals surface area contributed by atoms with Crippen LogP contribution in [0, 0.1) is 0 Å². The number of carbonyl (C=O) groups excluding carboxylic acids is 1. The fourth-order valence-corrected chi connectivity index (χ4v) is 3.70. The summed E-state index contributed by atoms with van der Waals surface area (Å²) >= 11 is 0. The van der Waals surface area contributed by atoms with Gasteiger partial charge in [0.15, 0.2) is 5.69 Å². The zero-order valence-electron chi connectivity index (χ0n) is 13.9. The molecule has 0 radical (unpaired) electrons. The summed E-state index contributed by atoms with van der Waals surface area (Å²) < 4.78 is 109. The number of rotatable bonds is 4. The molecule has 0 amide bonds. The van der Waals surface area contributed by atoms with E-state index in [1.165, 1.54) is 25.1 Å². The third-order valence-electron chi connectivity index (χ3n) is 3.36. The van der Waals surface area contributed by atoms with E-state index in [1.807, 2.05) is 0 Å². The molecule has 0 atom stereocenters. The number of nitrogens with zero attached hydrogens (tertiary/aromatic N) is 1. The second kappa shape index (κ2) is 7.41. The summed E-state index contributed by atoms with van der Waals surface area (Å²) in [4.78, 5) is 12.4. The van der Waals surface area contributed by atoms with E-state index in [4.69, 9.17) is 0 Å². The number of aromatic nitrogens is 1. The van der Waals surface area contributed by atoms with E-state index in [2.05, 4.69) is 9.72 Å². The highest BCUT2D eigenvalue weighted by Gasteiger charge is 2.45. The highest BCUT2D eigenvalue weighted by Crippen LogP contribution is 2.39. The number of pyridine rings is 1. The van der Waals surface area contributed by atoms with Gasteiger partial charge < -0.3 is 4.74 Å². The lowest BCUT2D eigenvalue weighted by molar-refractivity contribution is -0.150. The van der Waals surface area contributed by atoms with E-state index in [1.54, 1.807) is 0 Å². The Kier molecular flexibility index (Phi) is 5.74. The number of hydrogen-bond acceptors (Lipinski definition) is 5. The molecule has 2 rings (SSSR count). The van der Waals surface area contributed by atoms with E-state index in [9.17, 15) is 39.6 Å². The molecule has 0 N–H and O–H groups in total. The van der Waals surface area contributed by atoms with Gasteiger partial charge in [-0.05, 0) is 25.1 Å². The van der Waals surface area contributed by atoms with Crippen molar-refractivity contribution in [2.75, 3.05) is 6.61 Å². The topological polar surface area (TPSA) is 73.3 Å². The Labute approximate surface area is 154 Å². The average molecular weight is 427 g/mol. The van der Waals surface area contributed by atoms with Crippen LogP contribution < -0.4 is 0 Å². The molecule has 0 bridgehead atoms. The first kappa shape index (κ1) is 21.7. The van der Waals surface area contributed by atoms with Gasteiger partial charge in [0.1, 0.15) is 11.3 Å². The number of hydrogen-bond donors (Lipinski definition) is 0. The fourth-order valence-electron chi connectivity index (χ4n) is 2.21. The Morgan fingerprint density at radius 1 is 1.04 bits per heavy atom. The Hall–Kier alpha value is -2.63. The van der Waals surface area contributed by atoms with Gasteiger partial charge in [-0.1, -0.05) is 18.2 Å². The van der Waals surface area contributed by atoms with Gasteiger partial charge >= 0.3 is 18.3 Å². The highest BCUT2D eigenvalue weighted by atomic mass is 32.2. The summed E-state index contributed by atoms with van der Waals surface area (Å²) in [6, 6.07) is 5.64. The van der Waals surface area contributed by atoms with Crippen LogP contribution in [-0.4, -0.2) is 26.0 Å². The van der Waals surface area contributed by atoms with Gasteiger partial charge in [-0.3, -0.25) is 0 Å². The normalized spacial score (nSPS) is 12.7. The van der Waals surface area contributed by atoms with Crippen molar-refractivity contribution in [1.29, 1.82) is 0 Å². The molecular weight excluding hydrogens is 416 g/mol. The third kappa shape index (κ3) is 4.26. The van der Waals surface area contributed by atoms with E-state index in [-0.39, 0.29) is 6.07 Å². The third-order valence-corrected chi connectivity index (χ3v) is 5.16. The predicted octanol–water partition coefficient (Wildman–Crippen LogP) is 4.13. The summed E-state index contributed by atoms with van der Waals surface area (Å²) in [6.07, 6.45) is -10.9. The zero-order valence-corrected chi connectivity index (χ0v) is 14.7. The fraction of sp³-hybridized carbons (Fsp3) is 0.250. The molecule has 0 aliphatic carbocycles. The number of benzene rings is 1. The van der Waals surface area contributed by atoms with E-state index in [0.29, 0.717) is 0 Å². The van der Waals surface area contributed by atoms with Crippen LogP contribution in [0.4, 0.5) is 26.3 Å². The quantitative estimate of drug-likeness (QED) is 0.542. The van der Waals surface area contributed by atoms with Crippen LogP contribution in [0.3, 0.4) is 0 Å². The molecule has 28 heavy (non-hydrogen) atoms. The molecule has 0 aliphatic heterocycles. The summed E-state index contributed by atoms with van der Waals surface area (Å²) in [5.41, 5.74) is -6.01. The average Bonchev–Trinajstić information content (AvgIpc) is 2.60. The Morgan fingerprint density at radius 3 is 2.07 bits per heavy atom. The minimum absolute atomic E-state index is 0.107. The summed E-state index contributed by atoms with van der Waals surface area (Å²) in [6.45, 7) is 0.788. The monoisotopic (exact) mass is 427 g/mol. The van der Waals surface area contributed by atoms with E-state index in [0.717, 1.165) is 12.1 Å². The minimum atomic E-state index is -5.55. The van der Waals surface area contributed by atoms with Gasteiger partial charge in [-0.25, -0.2) is 18.2 Å². The van der Waals surface area contributed by atoms with Crippen LogP contribution in [0.1, 0.15) is 28.7 Å². The van der Waals surface area contributed by atoms with Crippen LogP contribution in [0.15, 0.2) is 46.2 Å². The number of halogens is 6. The first-order chi connectivity index (χ1) is 12.8. The molecule has 152 valence electrons. The Bertz CT molecular complexity index is 985. The van der Waals surface area contributed by atoms with E-state index < -0.39 is 61.5 Å². The van der Waals surface area contributed by atoms with Crippen molar-refractivity contribution in [2.24, 2.45) is 0 Å². The second-order valence-corrected chi connectivity index (χ2v) is 7.18. The van der Waals surface area contributed by atoms with Gasteiger partial charge in [0.05, 0.1) is 16.4 Å². The molecule has 0 saturated heterocycles. The molecule has 0 spiro atoms. The summed E-state index contributed by atoms with van der Waals surface area (Å²) in [5, 5.41) is 0. The Balaban J connectivity index is 2.98. The van der Waals surface area contributed by atoms with Crippen molar-refractivity contribution in [3.05, 3.63) is 53.3 Å². The molecule has 0 aliphatic rings. The molecular formula is C16H11F6NO4S. The van der Waals surface area contributed by atoms with Gasteiger partial charge in [-0.15, -0.1) is 0 Å². The van der Waals surface area contributed by atoms with Gasteiger partial charge in [0, 0.05) is 0 Å². The van der Waals surface area contributed by atoms with Gasteiger partial charge in [-0.2, -0.15) is 26.3 Å². The molecule has 0 unspecified atom stereocenters. The zero-order chi connectivity index (χ0) is 21.3. The van der Waals surface area contributed by atoms with Crippen LogP contribution in [0.2, 0.25) is 0 Å².